The summed E-state index contributed by atoms with van der Waals surface area (Å²) in [6, 6.07) is 17.7. The molecule has 0 saturated carbocycles. The second kappa shape index (κ2) is 10.5. The lowest BCUT2D eigenvalue weighted by molar-refractivity contribution is 0.0410. The third kappa shape index (κ3) is 6.09. The van der Waals surface area contributed by atoms with E-state index in [0.717, 1.165) is 49.9 Å². The Morgan fingerprint density at radius 1 is 1.11 bits per heavy atom. The molecule has 3 rings (SSSR count). The van der Waals surface area contributed by atoms with Crippen molar-refractivity contribution < 1.29 is 14.3 Å². The Hall–Kier alpha value is -1.82. The van der Waals surface area contributed by atoms with Crippen LogP contribution in [0.2, 0.25) is 0 Å². The first-order chi connectivity index (χ1) is 13.3. The van der Waals surface area contributed by atoms with Gasteiger partial charge in [-0.3, -0.25) is 9.69 Å². The molecule has 2 aromatic rings. The van der Waals surface area contributed by atoms with Crippen LogP contribution in [0.4, 0.5) is 0 Å². The van der Waals surface area contributed by atoms with E-state index in [1.807, 2.05) is 54.2 Å². The first-order valence-electron chi connectivity index (χ1n) is 9.40. The Bertz CT molecular complexity index is 699. The highest BCUT2D eigenvalue weighted by atomic mass is 32.2. The van der Waals surface area contributed by atoms with E-state index in [1.54, 1.807) is 7.11 Å². The number of Topliss-reactive ketones (excluding diaryl/α,β-unsaturated/α-hetero) is 1. The zero-order chi connectivity index (χ0) is 18.9. The van der Waals surface area contributed by atoms with Gasteiger partial charge in [-0.2, -0.15) is 11.8 Å². The molecule has 4 nitrogen and oxygen atoms in total. The Balaban J connectivity index is 1.64. The van der Waals surface area contributed by atoms with Gasteiger partial charge in [-0.15, -0.1) is 0 Å². The first-order valence-corrected chi connectivity index (χ1v) is 10.4. The highest BCUT2D eigenvalue weighted by Gasteiger charge is 2.19. The maximum Gasteiger partial charge on any atom is 0.164 e. The summed E-state index contributed by atoms with van der Waals surface area (Å²) >= 11 is 1.86. The molecule has 1 aliphatic rings. The van der Waals surface area contributed by atoms with Crippen LogP contribution in [0.5, 0.6) is 5.75 Å². The Kier molecular flexibility index (Phi) is 7.75. The van der Waals surface area contributed by atoms with Crippen molar-refractivity contribution in [2.75, 3.05) is 45.7 Å². The average Bonchev–Trinajstić information content (AvgIpc) is 2.74. The molecule has 5 heteroatoms. The number of thioether (sulfide) groups is 1. The number of benzene rings is 2. The lowest BCUT2D eigenvalue weighted by atomic mass is 10.0. The van der Waals surface area contributed by atoms with Gasteiger partial charge in [0, 0.05) is 42.6 Å². The maximum absolute atomic E-state index is 12.8. The lowest BCUT2D eigenvalue weighted by Gasteiger charge is -2.27. The first kappa shape index (κ1) is 19.9. The molecule has 2 aromatic carbocycles. The van der Waals surface area contributed by atoms with Gasteiger partial charge in [0.2, 0.25) is 0 Å². The monoisotopic (exact) mass is 385 g/mol. The van der Waals surface area contributed by atoms with Crippen LogP contribution in [0.1, 0.15) is 27.6 Å². The highest BCUT2D eigenvalue weighted by molar-refractivity contribution is 7.99. The second-order valence-electron chi connectivity index (χ2n) is 6.58. The summed E-state index contributed by atoms with van der Waals surface area (Å²) in [6.45, 7) is 4.66. The van der Waals surface area contributed by atoms with Crippen molar-refractivity contribution >= 4 is 17.5 Å². The summed E-state index contributed by atoms with van der Waals surface area (Å²) in [4.78, 5) is 15.2. The van der Waals surface area contributed by atoms with Crippen molar-refractivity contribution in [1.29, 1.82) is 0 Å². The molecule has 0 N–H and O–H groups in total. The summed E-state index contributed by atoms with van der Waals surface area (Å²) in [7, 11) is 1.67. The molecule has 0 aromatic heterocycles. The predicted molar refractivity (Wildman–Crippen MR) is 111 cm³/mol. The molecule has 0 aliphatic carbocycles. The van der Waals surface area contributed by atoms with E-state index in [9.17, 15) is 4.79 Å². The van der Waals surface area contributed by atoms with Crippen LogP contribution in [0.25, 0.3) is 0 Å². The van der Waals surface area contributed by atoms with E-state index >= 15 is 0 Å². The molecule has 0 bridgehead atoms. The number of hydrogen-bond donors (Lipinski definition) is 0. The van der Waals surface area contributed by atoms with Gasteiger partial charge in [0.1, 0.15) is 5.75 Å². The number of nitrogens with zero attached hydrogens (tertiary/aromatic N) is 1. The quantitative estimate of drug-likeness (QED) is 0.608. The van der Waals surface area contributed by atoms with E-state index in [0.29, 0.717) is 6.42 Å². The third-order valence-electron chi connectivity index (χ3n) is 4.78. The smallest absolute Gasteiger partial charge is 0.164 e. The molecule has 1 heterocycles. The number of methoxy groups -OCH3 is 1. The summed E-state index contributed by atoms with van der Waals surface area (Å²) in [6.07, 6.45) is 0.504. The number of carbonyl (C=O) groups excluding carboxylic acids is 1. The van der Waals surface area contributed by atoms with Crippen molar-refractivity contribution in [3.63, 3.8) is 0 Å². The normalized spacial score (nSPS) is 16.0. The fourth-order valence-electron chi connectivity index (χ4n) is 3.15. The average molecular weight is 386 g/mol. The highest BCUT2D eigenvalue weighted by Crippen LogP contribution is 2.34. The minimum absolute atomic E-state index is 0.143. The van der Waals surface area contributed by atoms with Gasteiger partial charge in [-0.25, -0.2) is 0 Å². The Labute approximate surface area is 165 Å². The summed E-state index contributed by atoms with van der Waals surface area (Å²) < 4.78 is 10.7. The molecule has 1 unspecified atom stereocenters. The van der Waals surface area contributed by atoms with Crippen LogP contribution in [0.15, 0.2) is 54.6 Å². The zero-order valence-electron chi connectivity index (χ0n) is 15.8. The van der Waals surface area contributed by atoms with E-state index in [-0.39, 0.29) is 11.0 Å². The standard InChI is InChI=1S/C22H27NO3S/c1-25-20-9-7-19(8-10-20)22(17-21(24)18-5-3-2-4-6-18)27-16-13-23-11-14-26-15-12-23/h2-10,22H,11-17H2,1H3. The zero-order valence-corrected chi connectivity index (χ0v) is 16.6. The van der Waals surface area contributed by atoms with Gasteiger partial charge in [0.05, 0.1) is 20.3 Å². The van der Waals surface area contributed by atoms with Gasteiger partial charge in [-0.1, -0.05) is 42.5 Å². The van der Waals surface area contributed by atoms with Crippen molar-refractivity contribution in [2.45, 2.75) is 11.7 Å². The molecule has 1 saturated heterocycles. The third-order valence-corrected chi connectivity index (χ3v) is 6.04. The van der Waals surface area contributed by atoms with E-state index < -0.39 is 0 Å². The van der Waals surface area contributed by atoms with Gasteiger partial charge in [-0.05, 0) is 17.7 Å². The summed E-state index contributed by atoms with van der Waals surface area (Å²) in [5, 5.41) is 0.143. The lowest BCUT2D eigenvalue weighted by Crippen LogP contribution is -2.37. The number of ether oxygens (including phenoxy) is 2. The van der Waals surface area contributed by atoms with Crippen LogP contribution in [-0.2, 0) is 4.74 Å². The summed E-state index contributed by atoms with van der Waals surface area (Å²) in [5.74, 6) is 2.03. The van der Waals surface area contributed by atoms with Crippen molar-refractivity contribution in [2.24, 2.45) is 0 Å². The minimum atomic E-state index is 0.143. The molecule has 144 valence electrons. The van der Waals surface area contributed by atoms with E-state index in [4.69, 9.17) is 9.47 Å². The van der Waals surface area contributed by atoms with E-state index in [1.165, 1.54) is 5.56 Å². The second-order valence-corrected chi connectivity index (χ2v) is 7.89. The molecular weight excluding hydrogens is 358 g/mol. The van der Waals surface area contributed by atoms with Crippen LogP contribution in [-0.4, -0.2) is 56.4 Å². The van der Waals surface area contributed by atoms with Crippen LogP contribution >= 0.6 is 11.8 Å². The largest absolute Gasteiger partial charge is 0.497 e. The number of carbonyl (C=O) groups is 1. The predicted octanol–water partition coefficient (Wildman–Crippen LogP) is 4.07. The van der Waals surface area contributed by atoms with Gasteiger partial charge in [0.15, 0.2) is 5.78 Å². The Morgan fingerprint density at radius 3 is 2.48 bits per heavy atom. The number of ketones is 1. The number of morpholine rings is 1. The van der Waals surface area contributed by atoms with Crippen LogP contribution in [0, 0.1) is 0 Å². The molecule has 1 fully saturated rings. The van der Waals surface area contributed by atoms with Crippen LogP contribution < -0.4 is 4.74 Å². The van der Waals surface area contributed by atoms with Crippen LogP contribution in [0.3, 0.4) is 0 Å². The number of rotatable bonds is 9. The maximum atomic E-state index is 12.8. The molecule has 0 amide bonds. The summed E-state index contributed by atoms with van der Waals surface area (Å²) in [5.41, 5.74) is 1.96. The van der Waals surface area contributed by atoms with Gasteiger partial charge >= 0.3 is 0 Å². The molecule has 1 aliphatic heterocycles. The number of hydrogen-bond acceptors (Lipinski definition) is 5. The van der Waals surface area contributed by atoms with Crippen molar-refractivity contribution in [3.8, 4) is 5.75 Å². The fraction of sp³-hybridized carbons (Fsp3) is 0.409. The topological polar surface area (TPSA) is 38.8 Å². The molecule has 0 radical (unpaired) electrons. The molecular formula is C22H27NO3S. The minimum Gasteiger partial charge on any atom is -0.497 e. The van der Waals surface area contributed by atoms with Gasteiger partial charge < -0.3 is 9.47 Å². The SMILES string of the molecule is COc1ccc(C(CC(=O)c2ccccc2)SCCN2CCOCC2)cc1. The van der Waals surface area contributed by atoms with Crippen molar-refractivity contribution in [3.05, 3.63) is 65.7 Å². The molecule has 1 atom stereocenters. The molecule has 0 spiro atoms. The fourth-order valence-corrected chi connectivity index (χ4v) is 4.42. The van der Waals surface area contributed by atoms with Gasteiger partial charge in [0.25, 0.3) is 0 Å². The molecule has 27 heavy (non-hydrogen) atoms. The van der Waals surface area contributed by atoms with E-state index in [2.05, 4.69) is 17.0 Å². The Morgan fingerprint density at radius 2 is 1.81 bits per heavy atom. The van der Waals surface area contributed by atoms with Crippen molar-refractivity contribution in [1.82, 2.24) is 4.90 Å².